The zero-order valence-electron chi connectivity index (χ0n) is 21.8. The minimum absolute atomic E-state index is 0.241. The topological polar surface area (TPSA) is 21.4 Å². The van der Waals surface area contributed by atoms with Crippen molar-refractivity contribution in [3.63, 3.8) is 0 Å². The Labute approximate surface area is 250 Å². The monoisotopic (exact) mass is 656 g/mol. The molecule has 224 valence electrons. The average molecular weight is 657 g/mol. The van der Waals surface area contributed by atoms with E-state index in [1.807, 2.05) is 78.9 Å². The molecule has 0 bridgehead atoms. The van der Waals surface area contributed by atoms with Gasteiger partial charge in [-0.15, -0.1) is 0 Å². The van der Waals surface area contributed by atoms with Gasteiger partial charge in [0.2, 0.25) is 0 Å². The average Bonchev–Trinajstić information content (AvgIpc) is 2.94. The molecule has 5 aromatic rings. The van der Waals surface area contributed by atoms with Crippen LogP contribution < -0.4 is 0 Å². The number of halogens is 8. The van der Waals surface area contributed by atoms with Crippen molar-refractivity contribution in [3.05, 3.63) is 144 Å². The standard InChI is InChI=1S/C31H20F2OS2.F6P/c32-24-11-16-27(17-12-24)36-30-18-13-25(33)20-29(30)21-9-14-26(15-10-21)35-28-8-4-7-23(19-28)31(34)22-5-2-1-3-6-22;1-7(2,3,4,5)6/h1-20H;/q;-1/p+1. The molecule has 43 heavy (non-hydrogen) atoms. The largest absolute Gasteiger partial charge is 0.354 e. The summed E-state index contributed by atoms with van der Waals surface area (Å²) >= 11 is 3.06. The third-order valence-electron chi connectivity index (χ3n) is 5.54. The zero-order chi connectivity index (χ0) is 31.3. The fourth-order valence-corrected chi connectivity index (χ4v) is 5.58. The molecule has 0 amide bonds. The molecule has 12 heteroatoms. The maximum atomic E-state index is 14.1. The van der Waals surface area contributed by atoms with Gasteiger partial charge in [0.15, 0.2) is 0 Å². The zero-order valence-corrected chi connectivity index (χ0v) is 24.3. The molecule has 0 aliphatic carbocycles. The number of ketones is 1. The Bertz CT molecular complexity index is 1720. The van der Waals surface area contributed by atoms with E-state index >= 15 is 0 Å². The molecule has 0 fully saturated rings. The van der Waals surface area contributed by atoms with Crippen LogP contribution in [-0.2, 0) is 0 Å². The maximum absolute atomic E-state index is 14.1. The van der Waals surface area contributed by atoms with Crippen LogP contribution in [0.5, 0.6) is 0 Å². The van der Waals surface area contributed by atoms with E-state index in [4.69, 9.17) is 0 Å². The summed E-state index contributed by atoms with van der Waals surface area (Å²) in [6.07, 6.45) is 0. The van der Waals surface area contributed by atoms with Crippen molar-refractivity contribution in [3.8, 4) is 11.1 Å². The minimum atomic E-state index is -10.7. The summed E-state index contributed by atoms with van der Waals surface area (Å²) in [5, 5.41) is 0. The first kappa shape index (κ1) is 32.3. The SMILES string of the molecule is F[P-](F)(F)(F)(F)F.[OH+]=C(c1ccccc1)c1cccc(Sc2ccc(-c3cc(F)ccc3Sc3ccc(F)cc3)cc2)c1. The van der Waals surface area contributed by atoms with E-state index in [2.05, 4.69) is 0 Å². The molecular formula is C31H21F8OPS2. The molecule has 0 unspecified atom stereocenters. The summed E-state index contributed by atoms with van der Waals surface area (Å²) in [6, 6.07) is 36.2. The molecule has 1 N–H and O–H groups in total. The summed E-state index contributed by atoms with van der Waals surface area (Å²) in [5.74, 6) is -0.352. The van der Waals surface area contributed by atoms with Crippen molar-refractivity contribution in [2.45, 2.75) is 19.6 Å². The Kier molecular flexibility index (Phi) is 9.11. The molecule has 0 atom stereocenters. The van der Waals surface area contributed by atoms with E-state index in [9.17, 15) is 38.8 Å². The van der Waals surface area contributed by atoms with E-state index in [0.29, 0.717) is 0 Å². The first-order chi connectivity index (χ1) is 20.0. The molecule has 0 saturated carbocycles. The second-order valence-corrected chi connectivity index (χ2v) is 13.2. The molecule has 0 aliphatic rings. The Balaban J connectivity index is 0.000000541. The van der Waals surface area contributed by atoms with Crippen molar-refractivity contribution in [1.82, 2.24) is 0 Å². The molecular weight excluding hydrogens is 635 g/mol. The van der Waals surface area contributed by atoms with Gasteiger partial charge in [-0.1, -0.05) is 59.9 Å². The van der Waals surface area contributed by atoms with Crippen molar-refractivity contribution in [1.29, 1.82) is 0 Å². The van der Waals surface area contributed by atoms with Crippen molar-refractivity contribution < 1.29 is 38.8 Å². The number of rotatable bonds is 7. The third kappa shape index (κ3) is 11.2. The molecule has 5 rings (SSSR count). The molecule has 1 nitrogen and oxygen atoms in total. The molecule has 0 saturated heterocycles. The summed E-state index contributed by atoms with van der Waals surface area (Å²) in [6.45, 7) is 0. The second-order valence-electron chi connectivity index (χ2n) is 9.02. The van der Waals surface area contributed by atoms with Gasteiger partial charge in [0.1, 0.15) is 11.6 Å². The fourth-order valence-electron chi connectivity index (χ4n) is 3.75. The molecule has 0 spiro atoms. The molecule has 0 aliphatic heterocycles. The Morgan fingerprint density at radius 3 is 1.67 bits per heavy atom. The van der Waals surface area contributed by atoms with Crippen LogP contribution in [0, 0.1) is 11.6 Å². The summed E-state index contributed by atoms with van der Waals surface area (Å²) in [4.78, 5) is 14.5. The number of hydrogen-bond donors (Lipinski definition) is 0. The summed E-state index contributed by atoms with van der Waals surface area (Å²) in [5.41, 5.74) is 3.20. The van der Waals surface area contributed by atoms with Gasteiger partial charge in [-0.3, -0.25) is 4.79 Å². The van der Waals surface area contributed by atoms with Crippen LogP contribution in [0.1, 0.15) is 11.1 Å². The van der Waals surface area contributed by atoms with Crippen molar-refractivity contribution >= 4 is 37.1 Å². The molecule has 5 aromatic carbocycles. The first-order valence-corrected chi connectivity index (χ1v) is 16.0. The van der Waals surface area contributed by atoms with E-state index < -0.39 is 7.81 Å². The normalized spacial score (nSPS) is 12.8. The van der Waals surface area contributed by atoms with Crippen LogP contribution in [0.15, 0.2) is 141 Å². The van der Waals surface area contributed by atoms with Crippen LogP contribution in [0.4, 0.5) is 34.0 Å². The van der Waals surface area contributed by atoms with Crippen LogP contribution in [0.25, 0.3) is 11.1 Å². The van der Waals surface area contributed by atoms with E-state index in [0.717, 1.165) is 41.8 Å². The first-order valence-electron chi connectivity index (χ1n) is 12.3. The second kappa shape index (κ2) is 12.1. The van der Waals surface area contributed by atoms with E-state index in [1.165, 1.54) is 36.0 Å². The van der Waals surface area contributed by atoms with Gasteiger partial charge in [0.05, 0.1) is 11.1 Å². The number of hydrogen-bond acceptors (Lipinski definition) is 2. The van der Waals surface area contributed by atoms with Gasteiger partial charge < -0.3 is 0 Å². The van der Waals surface area contributed by atoms with Gasteiger partial charge in [0, 0.05) is 19.6 Å². The van der Waals surface area contributed by atoms with Crippen molar-refractivity contribution in [2.24, 2.45) is 0 Å². The van der Waals surface area contributed by atoms with Crippen LogP contribution in [0.3, 0.4) is 0 Å². The Hall–Kier alpha value is -3.66. The summed E-state index contributed by atoms with van der Waals surface area (Å²) in [7, 11) is -10.7. The van der Waals surface area contributed by atoms with Gasteiger partial charge in [-0.25, -0.2) is 8.78 Å². The number of carbonyl (C=O) groups excluding carboxylic acids is 1. The maximum Gasteiger partial charge on any atom is 0.354 e. The predicted octanol–water partition coefficient (Wildman–Crippen LogP) is 12.3. The van der Waals surface area contributed by atoms with Crippen LogP contribution in [0.2, 0.25) is 0 Å². The third-order valence-corrected chi connectivity index (χ3v) is 7.62. The smallest absolute Gasteiger partial charge is 0.273 e. The van der Waals surface area contributed by atoms with Gasteiger partial charge in [0.25, 0.3) is 0 Å². The van der Waals surface area contributed by atoms with Crippen LogP contribution >= 0.6 is 31.3 Å². The predicted molar refractivity (Wildman–Crippen MR) is 158 cm³/mol. The summed E-state index contributed by atoms with van der Waals surface area (Å²) < 4.78 is 86.6. The minimum Gasteiger partial charge on any atom is -0.273 e. The van der Waals surface area contributed by atoms with E-state index in [-0.39, 0.29) is 17.4 Å². The van der Waals surface area contributed by atoms with Gasteiger partial charge in [-0.05, 0) is 96.1 Å². The quantitative estimate of drug-likeness (QED) is 0.0753. The molecule has 0 heterocycles. The Morgan fingerprint density at radius 2 is 1.05 bits per heavy atom. The van der Waals surface area contributed by atoms with Crippen molar-refractivity contribution in [2.75, 3.05) is 0 Å². The molecule has 0 aromatic heterocycles. The van der Waals surface area contributed by atoms with E-state index in [1.54, 1.807) is 30.0 Å². The molecule has 0 radical (unpaired) electrons. The van der Waals surface area contributed by atoms with Gasteiger partial charge >= 0.3 is 38.8 Å². The van der Waals surface area contributed by atoms with Gasteiger partial charge in [-0.2, -0.15) is 0 Å². The van der Waals surface area contributed by atoms with Crippen LogP contribution in [-0.4, -0.2) is 10.6 Å². The fraction of sp³-hybridized carbons (Fsp3) is 0. The Morgan fingerprint density at radius 1 is 0.512 bits per heavy atom. The number of benzene rings is 5.